The van der Waals surface area contributed by atoms with Crippen molar-refractivity contribution in [2.45, 2.75) is 13.8 Å². The summed E-state index contributed by atoms with van der Waals surface area (Å²) >= 11 is 5.75. The first-order chi connectivity index (χ1) is 17.1. The van der Waals surface area contributed by atoms with Gasteiger partial charge in [-0.05, 0) is 62.4 Å². The maximum absolute atomic E-state index is 5.75. The van der Waals surface area contributed by atoms with Crippen LogP contribution in [0.25, 0.3) is 21.8 Å². The first-order valence-electron chi connectivity index (χ1n) is 12.4. The molecule has 2 saturated heterocycles. The van der Waals surface area contributed by atoms with Crippen molar-refractivity contribution in [3.63, 3.8) is 0 Å². The number of aryl methyl sites for hydroxylation is 2. The fourth-order valence-corrected chi connectivity index (χ4v) is 4.28. The van der Waals surface area contributed by atoms with Crippen molar-refractivity contribution in [3.05, 3.63) is 76.9 Å². The van der Waals surface area contributed by atoms with E-state index in [1.165, 1.54) is 16.5 Å². The molecular formula is C28H35ClN6. The van der Waals surface area contributed by atoms with Crippen molar-refractivity contribution in [2.24, 2.45) is 0 Å². The molecule has 2 aromatic heterocycles. The zero-order chi connectivity index (χ0) is 24.5. The smallest absolute Gasteiger partial charge is 0.129 e. The second kappa shape index (κ2) is 12.8. The molecule has 7 heteroatoms. The first-order valence-corrected chi connectivity index (χ1v) is 12.7. The minimum absolute atomic E-state index is 0.548. The van der Waals surface area contributed by atoms with Crippen LogP contribution >= 0.6 is 11.6 Å². The van der Waals surface area contributed by atoms with E-state index in [2.05, 4.69) is 76.1 Å². The SMILES string of the molecule is C1CNCCN1.Cc1ccc2nc(Cl)ccc2c1.Cc1ccc2nc(N3CCNCC3)ccc2c1. The van der Waals surface area contributed by atoms with Crippen LogP contribution < -0.4 is 20.9 Å². The Kier molecular flexibility index (Phi) is 9.26. The summed E-state index contributed by atoms with van der Waals surface area (Å²) in [5.74, 6) is 1.10. The van der Waals surface area contributed by atoms with E-state index < -0.39 is 0 Å². The van der Waals surface area contributed by atoms with Crippen LogP contribution in [-0.4, -0.2) is 62.3 Å². The molecule has 0 radical (unpaired) electrons. The molecule has 2 aliphatic rings. The summed E-state index contributed by atoms with van der Waals surface area (Å²) in [4.78, 5) is 11.3. The van der Waals surface area contributed by atoms with E-state index >= 15 is 0 Å². The molecule has 2 aliphatic heterocycles. The number of pyridine rings is 2. The average molecular weight is 491 g/mol. The highest BCUT2D eigenvalue weighted by Gasteiger charge is 2.11. The number of hydrogen-bond donors (Lipinski definition) is 3. The lowest BCUT2D eigenvalue weighted by atomic mass is 10.1. The molecule has 2 aromatic carbocycles. The molecule has 184 valence electrons. The summed E-state index contributed by atoms with van der Waals surface area (Å²) < 4.78 is 0. The van der Waals surface area contributed by atoms with Crippen molar-refractivity contribution in [1.82, 2.24) is 25.9 Å². The van der Waals surface area contributed by atoms with Gasteiger partial charge in [-0.25, -0.2) is 9.97 Å². The summed E-state index contributed by atoms with van der Waals surface area (Å²) in [5, 5.41) is 12.7. The van der Waals surface area contributed by atoms with E-state index in [1.807, 2.05) is 24.3 Å². The third kappa shape index (κ3) is 7.61. The second-order valence-electron chi connectivity index (χ2n) is 8.93. The lowest BCUT2D eigenvalue weighted by Gasteiger charge is -2.28. The molecule has 3 N–H and O–H groups in total. The van der Waals surface area contributed by atoms with Gasteiger partial charge in [0, 0.05) is 63.1 Å². The molecule has 6 rings (SSSR count). The van der Waals surface area contributed by atoms with E-state index in [0.29, 0.717) is 5.15 Å². The van der Waals surface area contributed by atoms with Crippen molar-refractivity contribution in [1.29, 1.82) is 0 Å². The number of rotatable bonds is 1. The van der Waals surface area contributed by atoms with Crippen LogP contribution in [0.2, 0.25) is 5.15 Å². The zero-order valence-corrected chi connectivity index (χ0v) is 21.4. The summed E-state index contributed by atoms with van der Waals surface area (Å²) in [6.45, 7) is 12.9. The Morgan fingerprint density at radius 1 is 0.629 bits per heavy atom. The molecule has 0 atom stereocenters. The van der Waals surface area contributed by atoms with Crippen LogP contribution in [0.1, 0.15) is 11.1 Å². The minimum Gasteiger partial charge on any atom is -0.354 e. The van der Waals surface area contributed by atoms with Gasteiger partial charge in [0.15, 0.2) is 0 Å². The van der Waals surface area contributed by atoms with Gasteiger partial charge in [0.25, 0.3) is 0 Å². The van der Waals surface area contributed by atoms with Gasteiger partial charge >= 0.3 is 0 Å². The molecule has 2 fully saturated rings. The number of fused-ring (bicyclic) bond motifs is 2. The number of anilines is 1. The van der Waals surface area contributed by atoms with E-state index in [1.54, 1.807) is 0 Å². The van der Waals surface area contributed by atoms with Crippen LogP contribution in [0, 0.1) is 13.8 Å². The van der Waals surface area contributed by atoms with Gasteiger partial charge in [0.1, 0.15) is 11.0 Å². The second-order valence-corrected chi connectivity index (χ2v) is 9.32. The summed E-state index contributed by atoms with van der Waals surface area (Å²) in [6, 6.07) is 20.6. The van der Waals surface area contributed by atoms with Gasteiger partial charge in [-0.15, -0.1) is 0 Å². The summed E-state index contributed by atoms with van der Waals surface area (Å²) in [7, 11) is 0. The van der Waals surface area contributed by atoms with E-state index in [-0.39, 0.29) is 0 Å². The molecule has 0 bridgehead atoms. The molecule has 0 aliphatic carbocycles. The highest BCUT2D eigenvalue weighted by atomic mass is 35.5. The molecule has 35 heavy (non-hydrogen) atoms. The maximum atomic E-state index is 5.75. The van der Waals surface area contributed by atoms with Gasteiger partial charge in [0.05, 0.1) is 11.0 Å². The van der Waals surface area contributed by atoms with Crippen molar-refractivity contribution >= 4 is 39.2 Å². The Bertz CT molecular complexity index is 1180. The van der Waals surface area contributed by atoms with Gasteiger partial charge < -0.3 is 20.9 Å². The van der Waals surface area contributed by atoms with Crippen LogP contribution in [0.15, 0.2) is 60.7 Å². The Morgan fingerprint density at radius 3 is 1.71 bits per heavy atom. The Morgan fingerprint density at radius 2 is 1.14 bits per heavy atom. The molecular weight excluding hydrogens is 456 g/mol. The molecule has 4 heterocycles. The molecule has 0 unspecified atom stereocenters. The topological polar surface area (TPSA) is 65.1 Å². The average Bonchev–Trinajstić information content (AvgIpc) is 2.91. The Hall–Kier alpha value is -2.77. The number of nitrogens with zero attached hydrogens (tertiary/aromatic N) is 3. The van der Waals surface area contributed by atoms with E-state index in [4.69, 9.17) is 16.6 Å². The molecule has 0 amide bonds. The van der Waals surface area contributed by atoms with Crippen LogP contribution in [-0.2, 0) is 0 Å². The van der Waals surface area contributed by atoms with Crippen molar-refractivity contribution < 1.29 is 0 Å². The molecule has 0 spiro atoms. The lowest BCUT2D eigenvalue weighted by Crippen LogP contribution is -2.43. The van der Waals surface area contributed by atoms with Crippen molar-refractivity contribution in [3.8, 4) is 0 Å². The Balaban J connectivity index is 0.000000139. The molecule has 4 aromatic rings. The number of aromatic nitrogens is 2. The van der Waals surface area contributed by atoms with Gasteiger partial charge in [-0.3, -0.25) is 0 Å². The van der Waals surface area contributed by atoms with Gasteiger partial charge in [0.2, 0.25) is 0 Å². The third-order valence-electron chi connectivity index (χ3n) is 6.04. The van der Waals surface area contributed by atoms with Crippen LogP contribution in [0.5, 0.6) is 0 Å². The molecule has 6 nitrogen and oxygen atoms in total. The van der Waals surface area contributed by atoms with Gasteiger partial charge in [-0.1, -0.05) is 34.9 Å². The van der Waals surface area contributed by atoms with E-state index in [0.717, 1.165) is 74.6 Å². The van der Waals surface area contributed by atoms with Crippen LogP contribution in [0.3, 0.4) is 0 Å². The monoisotopic (exact) mass is 490 g/mol. The first kappa shape index (κ1) is 25.3. The fraction of sp³-hybridized carbons (Fsp3) is 0.357. The number of halogens is 1. The highest BCUT2D eigenvalue weighted by Crippen LogP contribution is 2.19. The molecule has 0 saturated carbocycles. The number of nitrogens with one attached hydrogen (secondary N) is 3. The minimum atomic E-state index is 0.548. The lowest BCUT2D eigenvalue weighted by molar-refractivity contribution is 0.534. The number of benzene rings is 2. The maximum Gasteiger partial charge on any atom is 0.129 e. The summed E-state index contributed by atoms with van der Waals surface area (Å²) in [6.07, 6.45) is 0. The number of hydrogen-bond acceptors (Lipinski definition) is 6. The predicted octanol–water partition coefficient (Wildman–Crippen LogP) is 4.33. The largest absolute Gasteiger partial charge is 0.354 e. The standard InChI is InChI=1S/C14H17N3.C10H8ClN.C4H10N2/c1-11-2-4-13-12(10-11)3-5-14(16-13)17-8-6-15-7-9-17;1-7-2-4-9-8(6-7)3-5-10(11)12-9;1-2-6-4-3-5-1/h2-5,10,15H,6-9H2,1H3;2-6H,1H3;5-6H,1-4H2. The predicted molar refractivity (Wildman–Crippen MR) is 149 cm³/mol. The fourth-order valence-electron chi connectivity index (χ4n) is 4.13. The quantitative estimate of drug-likeness (QED) is 0.345. The summed E-state index contributed by atoms with van der Waals surface area (Å²) in [5.41, 5.74) is 4.57. The zero-order valence-electron chi connectivity index (χ0n) is 20.6. The Labute approximate surface area is 213 Å². The van der Waals surface area contributed by atoms with Gasteiger partial charge in [-0.2, -0.15) is 0 Å². The normalized spacial score (nSPS) is 15.7. The van der Waals surface area contributed by atoms with Crippen molar-refractivity contribution in [2.75, 3.05) is 57.3 Å². The van der Waals surface area contributed by atoms with Crippen LogP contribution in [0.4, 0.5) is 5.82 Å². The highest BCUT2D eigenvalue weighted by molar-refractivity contribution is 6.29. The van der Waals surface area contributed by atoms with E-state index in [9.17, 15) is 0 Å². The third-order valence-corrected chi connectivity index (χ3v) is 6.25. The number of piperazine rings is 2.